The van der Waals surface area contributed by atoms with Gasteiger partial charge >= 0.3 is 5.97 Å². The van der Waals surface area contributed by atoms with E-state index in [2.05, 4.69) is 5.32 Å². The summed E-state index contributed by atoms with van der Waals surface area (Å²) in [6, 6.07) is 6.42. The average Bonchev–Trinajstić information content (AvgIpc) is 3.24. The molecule has 1 amide bonds. The van der Waals surface area contributed by atoms with Crippen LogP contribution in [0.1, 0.15) is 31.2 Å². The molecule has 29 heavy (non-hydrogen) atoms. The maximum atomic E-state index is 12.6. The molecule has 3 rings (SSSR count). The highest BCUT2D eigenvalue weighted by atomic mass is 32.2. The lowest BCUT2D eigenvalue weighted by Gasteiger charge is -2.26. The highest BCUT2D eigenvalue weighted by molar-refractivity contribution is 7.89. The molecule has 0 aromatic heterocycles. The van der Waals surface area contributed by atoms with Gasteiger partial charge in [-0.15, -0.1) is 0 Å². The molecule has 2 aliphatic rings. The topological polar surface area (TPSA) is 102 Å². The Kier molecular flexibility index (Phi) is 7.40. The Morgan fingerprint density at radius 3 is 2.45 bits per heavy atom. The monoisotopic (exact) mass is 422 g/mol. The molecule has 158 valence electrons. The summed E-state index contributed by atoms with van der Waals surface area (Å²) in [4.78, 5) is 23.7. The van der Waals surface area contributed by atoms with Crippen molar-refractivity contribution in [3.63, 3.8) is 0 Å². The zero-order valence-electron chi connectivity index (χ0n) is 16.2. The fraction of sp³-hybridized carbons (Fsp3) is 0.500. The number of amides is 1. The quantitative estimate of drug-likeness (QED) is 0.525. The normalized spacial score (nSPS) is 18.8. The number of nitrogens with zero attached hydrogens (tertiary/aromatic N) is 1. The molecule has 1 saturated heterocycles. The number of benzene rings is 1. The molecule has 0 bridgehead atoms. The Bertz CT molecular complexity index is 838. The van der Waals surface area contributed by atoms with Gasteiger partial charge in [0, 0.05) is 25.2 Å². The molecule has 1 aromatic carbocycles. The van der Waals surface area contributed by atoms with E-state index in [1.807, 2.05) is 0 Å². The molecule has 1 aliphatic carbocycles. The Morgan fingerprint density at radius 1 is 1.14 bits per heavy atom. The Hall–Kier alpha value is -2.23. The predicted molar refractivity (Wildman–Crippen MR) is 106 cm³/mol. The van der Waals surface area contributed by atoms with Gasteiger partial charge in [-0.05, 0) is 36.6 Å². The minimum Gasteiger partial charge on any atom is -0.452 e. The molecule has 2 fully saturated rings. The highest BCUT2D eigenvalue weighted by Crippen LogP contribution is 2.18. The Labute approximate surface area is 170 Å². The van der Waals surface area contributed by atoms with E-state index in [0.717, 1.165) is 25.7 Å². The van der Waals surface area contributed by atoms with E-state index in [1.165, 1.54) is 28.6 Å². The summed E-state index contributed by atoms with van der Waals surface area (Å²) >= 11 is 0. The number of esters is 1. The van der Waals surface area contributed by atoms with Crippen molar-refractivity contribution in [3.05, 3.63) is 35.9 Å². The first-order valence-corrected chi connectivity index (χ1v) is 11.2. The van der Waals surface area contributed by atoms with Crippen molar-refractivity contribution >= 4 is 28.0 Å². The zero-order chi connectivity index (χ0) is 20.7. The molecule has 1 N–H and O–H groups in total. The molecule has 1 aliphatic heterocycles. The summed E-state index contributed by atoms with van der Waals surface area (Å²) in [6.45, 7) is 1.15. The van der Waals surface area contributed by atoms with Gasteiger partial charge in [-0.3, -0.25) is 4.79 Å². The van der Waals surface area contributed by atoms with E-state index in [4.69, 9.17) is 9.47 Å². The van der Waals surface area contributed by atoms with Gasteiger partial charge in [0.2, 0.25) is 10.0 Å². The van der Waals surface area contributed by atoms with Gasteiger partial charge in [0.25, 0.3) is 5.91 Å². The van der Waals surface area contributed by atoms with Crippen LogP contribution in [0.2, 0.25) is 0 Å². The molecule has 1 saturated carbocycles. The highest BCUT2D eigenvalue weighted by Gasteiger charge is 2.26. The smallest absolute Gasteiger partial charge is 0.331 e. The summed E-state index contributed by atoms with van der Waals surface area (Å²) in [6.07, 6.45) is 6.89. The third-order valence-electron chi connectivity index (χ3n) is 4.97. The minimum atomic E-state index is -3.55. The number of morpholine rings is 1. The fourth-order valence-corrected chi connectivity index (χ4v) is 4.78. The summed E-state index contributed by atoms with van der Waals surface area (Å²) in [5.41, 5.74) is 0.651. The van der Waals surface area contributed by atoms with Crippen LogP contribution in [0, 0.1) is 0 Å². The van der Waals surface area contributed by atoms with Crippen molar-refractivity contribution in [2.45, 2.75) is 36.6 Å². The van der Waals surface area contributed by atoms with Crippen molar-refractivity contribution in [2.75, 3.05) is 32.9 Å². The number of carbonyl (C=O) groups is 2. The zero-order valence-corrected chi connectivity index (χ0v) is 17.0. The number of hydrogen-bond acceptors (Lipinski definition) is 6. The number of sulfonamides is 1. The molecule has 0 radical (unpaired) electrons. The van der Waals surface area contributed by atoms with Crippen LogP contribution in [-0.2, 0) is 29.1 Å². The van der Waals surface area contributed by atoms with Crippen LogP contribution >= 0.6 is 0 Å². The van der Waals surface area contributed by atoms with Gasteiger partial charge in [-0.2, -0.15) is 4.31 Å². The van der Waals surface area contributed by atoms with Crippen LogP contribution < -0.4 is 5.32 Å². The number of carbonyl (C=O) groups excluding carboxylic acids is 2. The van der Waals surface area contributed by atoms with E-state index < -0.39 is 16.0 Å². The molecule has 1 aromatic rings. The van der Waals surface area contributed by atoms with Gasteiger partial charge in [-0.1, -0.05) is 25.0 Å². The first kappa shape index (κ1) is 21.5. The number of rotatable bonds is 7. The van der Waals surface area contributed by atoms with E-state index in [0.29, 0.717) is 31.9 Å². The predicted octanol–water partition coefficient (Wildman–Crippen LogP) is 1.32. The van der Waals surface area contributed by atoms with Crippen LogP contribution in [0.4, 0.5) is 0 Å². The van der Waals surface area contributed by atoms with Crippen LogP contribution in [0.25, 0.3) is 6.08 Å². The second-order valence-corrected chi connectivity index (χ2v) is 9.01. The van der Waals surface area contributed by atoms with E-state index in [-0.39, 0.29) is 23.5 Å². The number of ether oxygens (including phenoxy) is 2. The van der Waals surface area contributed by atoms with Gasteiger partial charge in [0.1, 0.15) is 0 Å². The Morgan fingerprint density at radius 2 is 1.79 bits per heavy atom. The second kappa shape index (κ2) is 10.00. The van der Waals surface area contributed by atoms with E-state index in [9.17, 15) is 18.0 Å². The molecule has 9 heteroatoms. The molecule has 0 unspecified atom stereocenters. The Balaban J connectivity index is 1.48. The molecular formula is C20H26N2O6S. The second-order valence-electron chi connectivity index (χ2n) is 7.08. The summed E-state index contributed by atoms with van der Waals surface area (Å²) in [5.74, 6) is -0.923. The van der Waals surface area contributed by atoms with Crippen molar-refractivity contribution in [1.82, 2.24) is 9.62 Å². The van der Waals surface area contributed by atoms with Gasteiger partial charge in [0.15, 0.2) is 6.61 Å². The standard InChI is InChI=1S/C20H26N2O6S/c23-19(21-17-3-1-2-4-17)15-28-20(24)10-7-16-5-8-18(9-6-16)29(25,26)22-11-13-27-14-12-22/h5-10,17H,1-4,11-15H2,(H,21,23)/b10-7+. The number of hydrogen-bond donors (Lipinski definition) is 1. The van der Waals surface area contributed by atoms with Crippen LogP contribution in [0.3, 0.4) is 0 Å². The van der Waals surface area contributed by atoms with Crippen molar-refractivity contribution < 1.29 is 27.5 Å². The van der Waals surface area contributed by atoms with Crippen molar-refractivity contribution in [3.8, 4) is 0 Å². The first-order chi connectivity index (χ1) is 13.9. The largest absolute Gasteiger partial charge is 0.452 e. The van der Waals surface area contributed by atoms with Crippen molar-refractivity contribution in [1.29, 1.82) is 0 Å². The average molecular weight is 423 g/mol. The summed E-state index contributed by atoms with van der Waals surface area (Å²) < 4.78 is 36.7. The maximum Gasteiger partial charge on any atom is 0.331 e. The lowest BCUT2D eigenvalue weighted by atomic mass is 10.2. The lowest BCUT2D eigenvalue weighted by Crippen LogP contribution is -2.40. The fourth-order valence-electron chi connectivity index (χ4n) is 3.38. The van der Waals surface area contributed by atoms with Crippen LogP contribution in [0.5, 0.6) is 0 Å². The van der Waals surface area contributed by atoms with Crippen LogP contribution in [-0.4, -0.2) is 63.6 Å². The van der Waals surface area contributed by atoms with Crippen molar-refractivity contribution in [2.24, 2.45) is 0 Å². The molecular weight excluding hydrogens is 396 g/mol. The molecule has 0 atom stereocenters. The first-order valence-electron chi connectivity index (χ1n) is 9.77. The third kappa shape index (κ3) is 6.12. The number of nitrogens with one attached hydrogen (secondary N) is 1. The SMILES string of the molecule is O=C(COC(=O)/C=C/c1ccc(S(=O)(=O)N2CCOCC2)cc1)NC1CCCC1. The van der Waals surface area contributed by atoms with Gasteiger partial charge < -0.3 is 14.8 Å². The molecule has 0 spiro atoms. The van der Waals surface area contributed by atoms with Gasteiger partial charge in [0.05, 0.1) is 18.1 Å². The van der Waals surface area contributed by atoms with Crippen LogP contribution in [0.15, 0.2) is 35.2 Å². The summed E-state index contributed by atoms with van der Waals surface area (Å²) in [7, 11) is -3.55. The minimum absolute atomic E-state index is 0.184. The third-order valence-corrected chi connectivity index (χ3v) is 6.88. The van der Waals surface area contributed by atoms with Gasteiger partial charge in [-0.25, -0.2) is 13.2 Å². The van der Waals surface area contributed by atoms with E-state index >= 15 is 0 Å². The molecule has 1 heterocycles. The molecule has 8 nitrogen and oxygen atoms in total. The maximum absolute atomic E-state index is 12.6. The van der Waals surface area contributed by atoms with E-state index in [1.54, 1.807) is 12.1 Å². The summed E-state index contributed by atoms with van der Waals surface area (Å²) in [5, 5.41) is 2.85. The lowest BCUT2D eigenvalue weighted by molar-refractivity contribution is -0.144.